The quantitative estimate of drug-likeness (QED) is 0.385. The summed E-state index contributed by atoms with van der Waals surface area (Å²) >= 11 is 6.29. The third-order valence-electron chi connectivity index (χ3n) is 7.07. The second-order valence-corrected chi connectivity index (χ2v) is 10.2. The highest BCUT2D eigenvalue weighted by Crippen LogP contribution is 2.33. The fourth-order valence-electron chi connectivity index (χ4n) is 5.22. The second-order valence-electron chi connectivity index (χ2n) is 9.84. The van der Waals surface area contributed by atoms with Gasteiger partial charge in [0.05, 0.1) is 28.8 Å². The van der Waals surface area contributed by atoms with Crippen LogP contribution in [0.15, 0.2) is 72.5 Å². The molecule has 1 saturated heterocycles. The van der Waals surface area contributed by atoms with Crippen molar-refractivity contribution in [2.45, 2.75) is 32.9 Å². The number of nitrogens with zero attached hydrogens (tertiary/aromatic N) is 3. The van der Waals surface area contributed by atoms with Gasteiger partial charge in [-0.2, -0.15) is 0 Å². The molecular formula is C30H35ClN4O4. The molecule has 3 amide bonds. The Hall–Kier alpha value is -3.62. The summed E-state index contributed by atoms with van der Waals surface area (Å²) in [6, 6.07) is 13.7. The number of carbonyl (C=O) groups excluding carboxylic acids is 3. The zero-order valence-corrected chi connectivity index (χ0v) is 23.4. The van der Waals surface area contributed by atoms with Gasteiger partial charge in [-0.3, -0.25) is 14.6 Å². The van der Waals surface area contributed by atoms with E-state index in [0.717, 1.165) is 11.1 Å². The third-order valence-corrected chi connectivity index (χ3v) is 7.40. The molecule has 2 atom stereocenters. The van der Waals surface area contributed by atoms with Gasteiger partial charge < -0.3 is 15.0 Å². The van der Waals surface area contributed by atoms with Gasteiger partial charge in [0, 0.05) is 44.5 Å². The molecular weight excluding hydrogens is 516 g/mol. The van der Waals surface area contributed by atoms with Crippen LogP contribution in [-0.4, -0.2) is 78.0 Å². The number of ether oxygens (including phenoxy) is 1. The number of benzene rings is 2. The number of carbonyl (C=O) groups is 3. The first-order chi connectivity index (χ1) is 18.7. The van der Waals surface area contributed by atoms with Gasteiger partial charge in [-0.25, -0.2) is 9.59 Å². The van der Waals surface area contributed by atoms with Gasteiger partial charge in [0.15, 0.2) is 0 Å². The van der Waals surface area contributed by atoms with Crippen molar-refractivity contribution < 1.29 is 19.1 Å². The highest BCUT2D eigenvalue weighted by molar-refractivity contribution is 6.33. The summed E-state index contributed by atoms with van der Waals surface area (Å²) in [5, 5.41) is 3.43. The highest BCUT2D eigenvalue weighted by atomic mass is 35.5. The average Bonchev–Trinajstić information content (AvgIpc) is 2.90. The smallest absolute Gasteiger partial charge is 0.338 e. The van der Waals surface area contributed by atoms with Crippen LogP contribution in [0.4, 0.5) is 4.79 Å². The van der Waals surface area contributed by atoms with Crippen LogP contribution in [0.25, 0.3) is 0 Å². The third kappa shape index (κ3) is 6.18. The lowest BCUT2D eigenvalue weighted by Crippen LogP contribution is -2.56. The molecule has 2 heterocycles. The van der Waals surface area contributed by atoms with Gasteiger partial charge in [-0.1, -0.05) is 59.6 Å². The number of hydrogen-bond donors (Lipinski definition) is 1. The van der Waals surface area contributed by atoms with E-state index in [1.807, 2.05) is 43.0 Å². The van der Waals surface area contributed by atoms with Crippen LogP contribution in [0.5, 0.6) is 0 Å². The molecule has 2 unspecified atom stereocenters. The normalized spacial score (nSPS) is 20.1. The fourth-order valence-corrected chi connectivity index (χ4v) is 5.44. The molecule has 2 aliphatic heterocycles. The molecule has 2 aromatic carbocycles. The predicted molar refractivity (Wildman–Crippen MR) is 151 cm³/mol. The summed E-state index contributed by atoms with van der Waals surface area (Å²) in [7, 11) is 0. The molecule has 0 spiro atoms. The lowest BCUT2D eigenvalue weighted by Gasteiger charge is -2.43. The maximum absolute atomic E-state index is 13.4. The number of hydrogen-bond acceptors (Lipinski definition) is 5. The number of piperazine rings is 1. The van der Waals surface area contributed by atoms with E-state index in [0.29, 0.717) is 48.0 Å². The van der Waals surface area contributed by atoms with E-state index in [-0.39, 0.29) is 31.1 Å². The van der Waals surface area contributed by atoms with E-state index in [1.165, 1.54) is 0 Å². The van der Waals surface area contributed by atoms with Crippen LogP contribution in [0, 0.1) is 6.92 Å². The Morgan fingerprint density at radius 1 is 1.18 bits per heavy atom. The lowest BCUT2D eigenvalue weighted by molar-refractivity contribution is -0.139. The van der Waals surface area contributed by atoms with Crippen molar-refractivity contribution in [3.63, 3.8) is 0 Å². The van der Waals surface area contributed by atoms with Crippen molar-refractivity contribution in [3.05, 3.63) is 94.2 Å². The van der Waals surface area contributed by atoms with Crippen molar-refractivity contribution in [3.8, 4) is 0 Å². The van der Waals surface area contributed by atoms with E-state index in [2.05, 4.69) is 16.8 Å². The molecule has 1 fully saturated rings. The van der Waals surface area contributed by atoms with E-state index in [9.17, 15) is 14.4 Å². The van der Waals surface area contributed by atoms with Gasteiger partial charge in [0.25, 0.3) is 5.91 Å². The molecule has 39 heavy (non-hydrogen) atoms. The van der Waals surface area contributed by atoms with Crippen molar-refractivity contribution in [1.82, 2.24) is 20.0 Å². The summed E-state index contributed by atoms with van der Waals surface area (Å²) in [4.78, 5) is 45.5. The Balaban J connectivity index is 1.66. The van der Waals surface area contributed by atoms with Gasteiger partial charge in [-0.05, 0) is 38.5 Å². The van der Waals surface area contributed by atoms with Gasteiger partial charge in [0.2, 0.25) is 0 Å². The number of halogens is 1. The first-order valence-corrected chi connectivity index (χ1v) is 13.6. The van der Waals surface area contributed by atoms with Crippen LogP contribution in [0.1, 0.15) is 41.4 Å². The van der Waals surface area contributed by atoms with E-state index in [4.69, 9.17) is 16.3 Å². The molecule has 2 aliphatic rings. The molecule has 0 radical (unpaired) electrons. The number of amides is 3. The highest BCUT2D eigenvalue weighted by Gasteiger charge is 2.39. The van der Waals surface area contributed by atoms with Crippen LogP contribution < -0.4 is 5.32 Å². The maximum Gasteiger partial charge on any atom is 0.338 e. The minimum Gasteiger partial charge on any atom is -0.463 e. The number of esters is 1. The molecule has 0 aliphatic carbocycles. The second kappa shape index (κ2) is 12.5. The Morgan fingerprint density at radius 3 is 2.62 bits per heavy atom. The molecule has 4 rings (SSSR count). The van der Waals surface area contributed by atoms with Crippen LogP contribution >= 0.6 is 11.6 Å². The summed E-state index contributed by atoms with van der Waals surface area (Å²) in [5.74, 6) is -0.572. The largest absolute Gasteiger partial charge is 0.463 e. The molecule has 8 nitrogen and oxygen atoms in total. The first kappa shape index (κ1) is 28.4. The number of urea groups is 1. The van der Waals surface area contributed by atoms with Crippen molar-refractivity contribution in [2.24, 2.45) is 0 Å². The minimum atomic E-state index is -0.645. The lowest BCUT2D eigenvalue weighted by atomic mass is 9.93. The average molecular weight is 551 g/mol. The van der Waals surface area contributed by atoms with Gasteiger partial charge >= 0.3 is 12.0 Å². The standard InChI is InChI=1S/C30H35ClN4O4/c1-5-14-35-25(19-33-15-16-34(21(4)18-33)28(36)23-12-7-8-13-24(23)31)26(29(37)39-6-2)27(32-30(35)38)22-11-9-10-20(3)17-22/h5,7-13,17,21,27H,1,6,14-16,18-19H2,2-4H3,(H,32,38). The molecule has 9 heteroatoms. The predicted octanol–water partition coefficient (Wildman–Crippen LogP) is 4.56. The van der Waals surface area contributed by atoms with E-state index < -0.39 is 12.0 Å². The molecule has 2 aromatic rings. The molecule has 206 valence electrons. The van der Waals surface area contributed by atoms with Crippen LogP contribution in [-0.2, 0) is 9.53 Å². The van der Waals surface area contributed by atoms with Gasteiger partial charge in [-0.15, -0.1) is 6.58 Å². The zero-order valence-electron chi connectivity index (χ0n) is 22.7. The topological polar surface area (TPSA) is 82.2 Å². The minimum absolute atomic E-state index is 0.105. The molecule has 1 N–H and O–H groups in total. The zero-order chi connectivity index (χ0) is 28.1. The maximum atomic E-state index is 13.4. The van der Waals surface area contributed by atoms with E-state index in [1.54, 1.807) is 42.2 Å². The molecule has 0 bridgehead atoms. The van der Waals surface area contributed by atoms with Crippen molar-refractivity contribution in [2.75, 3.05) is 39.3 Å². The summed E-state index contributed by atoms with van der Waals surface area (Å²) in [6.45, 7) is 12.0. The van der Waals surface area contributed by atoms with Crippen LogP contribution in [0.3, 0.4) is 0 Å². The summed E-state index contributed by atoms with van der Waals surface area (Å²) < 4.78 is 5.49. The van der Waals surface area contributed by atoms with Gasteiger partial charge in [0.1, 0.15) is 0 Å². The molecule has 0 aromatic heterocycles. The Morgan fingerprint density at radius 2 is 1.95 bits per heavy atom. The molecule has 0 saturated carbocycles. The van der Waals surface area contributed by atoms with E-state index >= 15 is 0 Å². The first-order valence-electron chi connectivity index (χ1n) is 13.2. The number of rotatable bonds is 8. The Labute approximate surface area is 234 Å². The SMILES string of the molecule is C=CCN1C(=O)NC(c2cccc(C)c2)C(C(=O)OCC)=C1CN1CCN(C(=O)c2ccccc2Cl)C(C)C1. The fraction of sp³-hybridized carbons (Fsp3) is 0.367. The Bertz CT molecular complexity index is 1290. The van der Waals surface area contributed by atoms with Crippen LogP contribution in [0.2, 0.25) is 5.02 Å². The summed E-state index contributed by atoms with van der Waals surface area (Å²) in [5.41, 5.74) is 3.31. The van der Waals surface area contributed by atoms with Crippen molar-refractivity contribution in [1.29, 1.82) is 0 Å². The van der Waals surface area contributed by atoms with Crippen molar-refractivity contribution >= 4 is 29.5 Å². The Kier molecular flexibility index (Phi) is 9.09. The number of aryl methyl sites for hydroxylation is 1. The summed E-state index contributed by atoms with van der Waals surface area (Å²) in [6.07, 6.45) is 1.64. The number of nitrogens with one attached hydrogen (secondary N) is 1. The monoisotopic (exact) mass is 550 g/mol.